The zero-order valence-corrected chi connectivity index (χ0v) is 14.1. The van der Waals surface area contributed by atoms with Crippen molar-refractivity contribution >= 4 is 16.9 Å². The SMILES string of the molecule is CC(C)N1CCOC(C(=O)NCCn2c(=O)[nH]c3ccccc32)C1. The molecule has 2 heterocycles. The highest BCUT2D eigenvalue weighted by atomic mass is 16.5. The molecule has 1 aliphatic rings. The molecule has 0 aliphatic carbocycles. The summed E-state index contributed by atoms with van der Waals surface area (Å²) in [5, 5.41) is 2.88. The molecular weight excluding hydrogens is 308 g/mol. The first kappa shape index (κ1) is 16.7. The first-order valence-electron chi connectivity index (χ1n) is 8.37. The smallest absolute Gasteiger partial charge is 0.326 e. The van der Waals surface area contributed by atoms with Gasteiger partial charge in [0.05, 0.1) is 17.6 Å². The van der Waals surface area contributed by atoms with Gasteiger partial charge < -0.3 is 15.0 Å². The van der Waals surface area contributed by atoms with Crippen LogP contribution < -0.4 is 11.0 Å². The first-order valence-corrected chi connectivity index (χ1v) is 8.37. The molecule has 7 heteroatoms. The van der Waals surface area contributed by atoms with E-state index in [2.05, 4.69) is 29.0 Å². The molecule has 24 heavy (non-hydrogen) atoms. The average molecular weight is 332 g/mol. The number of para-hydroxylation sites is 2. The minimum atomic E-state index is -0.444. The van der Waals surface area contributed by atoms with Crippen molar-refractivity contribution in [1.82, 2.24) is 19.8 Å². The lowest BCUT2D eigenvalue weighted by Gasteiger charge is -2.34. The summed E-state index contributed by atoms with van der Waals surface area (Å²) in [5.41, 5.74) is 1.49. The number of imidazole rings is 1. The van der Waals surface area contributed by atoms with E-state index in [1.165, 1.54) is 0 Å². The summed E-state index contributed by atoms with van der Waals surface area (Å²) in [6.07, 6.45) is -0.444. The number of amides is 1. The lowest BCUT2D eigenvalue weighted by Crippen LogP contribution is -2.52. The largest absolute Gasteiger partial charge is 0.366 e. The molecule has 2 N–H and O–H groups in total. The molecule has 1 aromatic carbocycles. The second-order valence-corrected chi connectivity index (χ2v) is 6.34. The van der Waals surface area contributed by atoms with Crippen LogP contribution in [0.4, 0.5) is 0 Å². The number of nitrogens with zero attached hydrogens (tertiary/aromatic N) is 2. The molecule has 130 valence electrons. The van der Waals surface area contributed by atoms with Crippen molar-refractivity contribution in [3.8, 4) is 0 Å². The van der Waals surface area contributed by atoms with E-state index in [-0.39, 0.29) is 11.6 Å². The van der Waals surface area contributed by atoms with Crippen molar-refractivity contribution in [2.45, 2.75) is 32.5 Å². The van der Waals surface area contributed by atoms with Crippen molar-refractivity contribution < 1.29 is 9.53 Å². The second-order valence-electron chi connectivity index (χ2n) is 6.34. The van der Waals surface area contributed by atoms with Crippen LogP contribution in [-0.4, -0.2) is 58.7 Å². The lowest BCUT2D eigenvalue weighted by atomic mass is 10.2. The van der Waals surface area contributed by atoms with Gasteiger partial charge in [0.1, 0.15) is 6.10 Å². The molecule has 0 spiro atoms. The molecule has 1 aliphatic heterocycles. The van der Waals surface area contributed by atoms with Gasteiger partial charge in [0.2, 0.25) is 0 Å². The van der Waals surface area contributed by atoms with Crippen molar-refractivity contribution in [3.05, 3.63) is 34.7 Å². The van der Waals surface area contributed by atoms with Gasteiger partial charge >= 0.3 is 5.69 Å². The van der Waals surface area contributed by atoms with Gasteiger partial charge in [0.25, 0.3) is 5.91 Å². The van der Waals surface area contributed by atoms with Crippen LogP contribution in [0.1, 0.15) is 13.8 Å². The van der Waals surface area contributed by atoms with Crippen LogP contribution in [0.2, 0.25) is 0 Å². The average Bonchev–Trinajstić information content (AvgIpc) is 2.90. The number of rotatable bonds is 5. The summed E-state index contributed by atoms with van der Waals surface area (Å²) < 4.78 is 7.21. The summed E-state index contributed by atoms with van der Waals surface area (Å²) in [6, 6.07) is 7.92. The normalized spacial score (nSPS) is 19.0. The molecule has 7 nitrogen and oxygen atoms in total. The van der Waals surface area contributed by atoms with Crippen molar-refractivity contribution in [3.63, 3.8) is 0 Å². The molecule has 1 aromatic heterocycles. The number of aromatic amines is 1. The number of carbonyl (C=O) groups excluding carboxylic acids is 1. The van der Waals surface area contributed by atoms with E-state index in [9.17, 15) is 9.59 Å². The van der Waals surface area contributed by atoms with Gasteiger partial charge in [-0.25, -0.2) is 4.79 Å². The monoisotopic (exact) mass is 332 g/mol. The van der Waals surface area contributed by atoms with Gasteiger partial charge in [-0.3, -0.25) is 14.3 Å². The third kappa shape index (κ3) is 3.52. The molecule has 1 fully saturated rings. The molecule has 2 aromatic rings. The summed E-state index contributed by atoms with van der Waals surface area (Å²) in [5.74, 6) is -0.117. The van der Waals surface area contributed by atoms with Crippen LogP contribution in [-0.2, 0) is 16.1 Å². The quantitative estimate of drug-likeness (QED) is 0.838. The molecule has 0 saturated carbocycles. The van der Waals surface area contributed by atoms with Gasteiger partial charge in [-0.1, -0.05) is 12.1 Å². The molecule has 1 unspecified atom stereocenters. The zero-order chi connectivity index (χ0) is 17.1. The van der Waals surface area contributed by atoms with Gasteiger partial charge in [0.15, 0.2) is 0 Å². The van der Waals surface area contributed by atoms with Crippen LogP contribution in [0, 0.1) is 0 Å². The first-order chi connectivity index (χ1) is 11.6. The summed E-state index contributed by atoms with van der Waals surface area (Å²) in [4.78, 5) is 29.3. The highest BCUT2D eigenvalue weighted by molar-refractivity contribution is 5.81. The third-order valence-corrected chi connectivity index (χ3v) is 4.44. The Balaban J connectivity index is 1.57. The Bertz CT molecular complexity index is 765. The number of ether oxygens (including phenoxy) is 1. The van der Waals surface area contributed by atoms with E-state index in [4.69, 9.17) is 4.74 Å². The van der Waals surface area contributed by atoms with Crippen molar-refractivity contribution in [2.24, 2.45) is 0 Å². The summed E-state index contributed by atoms with van der Waals surface area (Å²) in [6.45, 7) is 7.08. The number of hydrogen-bond acceptors (Lipinski definition) is 4. The minimum Gasteiger partial charge on any atom is -0.366 e. The molecule has 1 amide bonds. The van der Waals surface area contributed by atoms with Crippen LogP contribution >= 0.6 is 0 Å². The number of fused-ring (bicyclic) bond motifs is 1. The molecule has 1 atom stereocenters. The maximum atomic E-state index is 12.3. The second kappa shape index (κ2) is 7.19. The Kier molecular flexibility index (Phi) is 5.01. The molecule has 1 saturated heterocycles. The van der Waals surface area contributed by atoms with Crippen LogP contribution in [0.25, 0.3) is 11.0 Å². The van der Waals surface area contributed by atoms with Gasteiger partial charge in [0, 0.05) is 32.2 Å². The Hall–Kier alpha value is -2.12. The highest BCUT2D eigenvalue weighted by Crippen LogP contribution is 2.10. The van der Waals surface area contributed by atoms with Crippen LogP contribution in [0.15, 0.2) is 29.1 Å². The van der Waals surface area contributed by atoms with Crippen molar-refractivity contribution in [2.75, 3.05) is 26.2 Å². The van der Waals surface area contributed by atoms with Crippen LogP contribution in [0.5, 0.6) is 0 Å². The fourth-order valence-electron chi connectivity index (χ4n) is 3.03. The Morgan fingerprint density at radius 2 is 2.21 bits per heavy atom. The zero-order valence-electron chi connectivity index (χ0n) is 14.1. The van der Waals surface area contributed by atoms with E-state index in [1.807, 2.05) is 24.3 Å². The fourth-order valence-corrected chi connectivity index (χ4v) is 3.03. The maximum Gasteiger partial charge on any atom is 0.326 e. The predicted molar refractivity (Wildman–Crippen MR) is 92.0 cm³/mol. The van der Waals surface area contributed by atoms with E-state index < -0.39 is 6.10 Å². The lowest BCUT2D eigenvalue weighted by molar-refractivity contribution is -0.139. The Morgan fingerprint density at radius 1 is 1.42 bits per heavy atom. The van der Waals surface area contributed by atoms with E-state index in [0.29, 0.717) is 32.3 Å². The topological polar surface area (TPSA) is 79.4 Å². The Labute approximate surface area is 140 Å². The van der Waals surface area contributed by atoms with Gasteiger partial charge in [-0.2, -0.15) is 0 Å². The maximum absolute atomic E-state index is 12.3. The van der Waals surface area contributed by atoms with Crippen LogP contribution in [0.3, 0.4) is 0 Å². The number of hydrogen-bond donors (Lipinski definition) is 2. The fraction of sp³-hybridized carbons (Fsp3) is 0.529. The minimum absolute atomic E-state index is 0.117. The number of H-pyrrole nitrogens is 1. The summed E-state index contributed by atoms with van der Waals surface area (Å²) in [7, 11) is 0. The standard InChI is InChI=1S/C17H24N4O3/c1-12(2)20-9-10-24-15(11-20)16(22)18-7-8-21-14-6-4-3-5-13(14)19-17(21)23/h3-6,12,15H,7-11H2,1-2H3,(H,18,22)(H,19,23). The molecule has 0 radical (unpaired) electrons. The predicted octanol–water partition coefficient (Wildman–Crippen LogP) is 0.555. The van der Waals surface area contributed by atoms with E-state index in [1.54, 1.807) is 4.57 Å². The number of carbonyl (C=O) groups is 1. The Morgan fingerprint density at radius 3 is 3.00 bits per heavy atom. The third-order valence-electron chi connectivity index (χ3n) is 4.44. The highest BCUT2D eigenvalue weighted by Gasteiger charge is 2.27. The molecule has 3 rings (SSSR count). The van der Waals surface area contributed by atoms with Gasteiger partial charge in [-0.05, 0) is 26.0 Å². The summed E-state index contributed by atoms with van der Waals surface area (Å²) >= 11 is 0. The van der Waals surface area contributed by atoms with Crippen molar-refractivity contribution in [1.29, 1.82) is 0 Å². The van der Waals surface area contributed by atoms with E-state index >= 15 is 0 Å². The number of nitrogens with one attached hydrogen (secondary N) is 2. The number of benzene rings is 1. The number of morpholine rings is 1. The number of aromatic nitrogens is 2. The molecule has 0 bridgehead atoms. The molecular formula is C17H24N4O3. The van der Waals surface area contributed by atoms with Gasteiger partial charge in [-0.15, -0.1) is 0 Å². The van der Waals surface area contributed by atoms with E-state index in [0.717, 1.165) is 17.6 Å².